The van der Waals surface area contributed by atoms with E-state index in [1.165, 1.54) is 0 Å². The van der Waals surface area contributed by atoms with Gasteiger partial charge in [-0.1, -0.05) is 6.58 Å². The summed E-state index contributed by atoms with van der Waals surface area (Å²) in [5.74, 6) is 0.657. The van der Waals surface area contributed by atoms with Crippen LogP contribution in [-0.2, 0) is 0 Å². The SMILES string of the molecule is C=CC(C)=NC(=NC)NCC. The fourth-order valence-electron chi connectivity index (χ4n) is 0.539. The molecule has 0 bridgehead atoms. The second-order valence-electron chi connectivity index (χ2n) is 2.03. The Morgan fingerprint density at radius 3 is 2.64 bits per heavy atom. The molecule has 0 rings (SSSR count). The first kappa shape index (κ1) is 9.88. The lowest BCUT2D eigenvalue weighted by Crippen LogP contribution is -2.21. The average Bonchev–Trinajstić information content (AvgIpc) is 2.03. The van der Waals surface area contributed by atoms with Gasteiger partial charge in [0.15, 0.2) is 0 Å². The first-order valence-electron chi connectivity index (χ1n) is 3.63. The summed E-state index contributed by atoms with van der Waals surface area (Å²) in [5, 5.41) is 3.01. The molecule has 0 saturated heterocycles. The Hall–Kier alpha value is -1.12. The van der Waals surface area contributed by atoms with Crippen molar-refractivity contribution in [1.82, 2.24) is 5.32 Å². The van der Waals surface area contributed by atoms with Gasteiger partial charge in [-0.25, -0.2) is 4.99 Å². The second-order valence-corrected chi connectivity index (χ2v) is 2.03. The fourth-order valence-corrected chi connectivity index (χ4v) is 0.539. The van der Waals surface area contributed by atoms with E-state index >= 15 is 0 Å². The zero-order chi connectivity index (χ0) is 8.69. The van der Waals surface area contributed by atoms with E-state index in [2.05, 4.69) is 21.9 Å². The standard InChI is InChI=1S/C8H15N3/c1-5-7(3)11-8(9-4)10-6-2/h5H,1,6H2,2-4H3,(H,9,10). The number of rotatable bonds is 2. The molecular formula is C8H15N3. The van der Waals surface area contributed by atoms with Crippen LogP contribution >= 0.6 is 0 Å². The van der Waals surface area contributed by atoms with Crippen LogP contribution in [0.2, 0.25) is 0 Å². The van der Waals surface area contributed by atoms with Crippen molar-refractivity contribution in [3.05, 3.63) is 12.7 Å². The minimum Gasteiger partial charge on any atom is -0.355 e. The lowest BCUT2D eigenvalue weighted by molar-refractivity contribution is 0.950. The summed E-state index contributed by atoms with van der Waals surface area (Å²) >= 11 is 0. The Balaban J connectivity index is 4.18. The van der Waals surface area contributed by atoms with Crippen molar-refractivity contribution >= 4 is 11.7 Å². The summed E-state index contributed by atoms with van der Waals surface area (Å²) in [4.78, 5) is 8.08. The highest BCUT2D eigenvalue weighted by Crippen LogP contribution is 1.81. The maximum Gasteiger partial charge on any atom is 0.217 e. The van der Waals surface area contributed by atoms with Gasteiger partial charge in [0, 0.05) is 19.3 Å². The minimum absolute atomic E-state index is 0.657. The van der Waals surface area contributed by atoms with Gasteiger partial charge in [0.1, 0.15) is 0 Å². The number of allylic oxidation sites excluding steroid dienone is 1. The molecule has 0 aliphatic carbocycles. The largest absolute Gasteiger partial charge is 0.355 e. The highest BCUT2D eigenvalue weighted by molar-refractivity contribution is 6.01. The highest BCUT2D eigenvalue weighted by Gasteiger charge is 1.90. The average molecular weight is 153 g/mol. The molecular weight excluding hydrogens is 138 g/mol. The van der Waals surface area contributed by atoms with Crippen LogP contribution in [0.1, 0.15) is 13.8 Å². The number of nitrogens with one attached hydrogen (secondary N) is 1. The van der Waals surface area contributed by atoms with Gasteiger partial charge in [0.25, 0.3) is 0 Å². The monoisotopic (exact) mass is 153 g/mol. The summed E-state index contributed by atoms with van der Waals surface area (Å²) in [6.45, 7) is 8.32. The number of aliphatic imine (C=N–C) groups is 2. The molecule has 0 heterocycles. The molecule has 0 aromatic carbocycles. The Morgan fingerprint density at radius 2 is 2.27 bits per heavy atom. The van der Waals surface area contributed by atoms with E-state index in [4.69, 9.17) is 0 Å². The zero-order valence-electron chi connectivity index (χ0n) is 7.39. The van der Waals surface area contributed by atoms with Gasteiger partial charge in [0.2, 0.25) is 5.96 Å². The third kappa shape index (κ3) is 4.31. The molecule has 1 N–H and O–H groups in total. The van der Waals surface area contributed by atoms with Gasteiger partial charge >= 0.3 is 0 Å². The van der Waals surface area contributed by atoms with Crippen LogP contribution in [0.5, 0.6) is 0 Å². The lowest BCUT2D eigenvalue weighted by atomic mass is 10.4. The van der Waals surface area contributed by atoms with Crippen molar-refractivity contribution < 1.29 is 0 Å². The van der Waals surface area contributed by atoms with Crippen LogP contribution in [0.4, 0.5) is 0 Å². The van der Waals surface area contributed by atoms with Crippen molar-refractivity contribution in [2.24, 2.45) is 9.98 Å². The lowest BCUT2D eigenvalue weighted by Gasteiger charge is -2.00. The second kappa shape index (κ2) is 5.65. The molecule has 62 valence electrons. The van der Waals surface area contributed by atoms with Crippen LogP contribution in [0, 0.1) is 0 Å². The summed E-state index contributed by atoms with van der Waals surface area (Å²) in [7, 11) is 1.71. The predicted molar refractivity (Wildman–Crippen MR) is 50.3 cm³/mol. The molecule has 0 aromatic rings. The normalized spacial score (nSPS) is 13.0. The van der Waals surface area contributed by atoms with Crippen LogP contribution in [0.25, 0.3) is 0 Å². The Kier molecular flexibility index (Phi) is 5.07. The molecule has 0 spiro atoms. The van der Waals surface area contributed by atoms with Gasteiger partial charge < -0.3 is 5.32 Å². The van der Waals surface area contributed by atoms with E-state index in [1.807, 2.05) is 13.8 Å². The van der Waals surface area contributed by atoms with E-state index in [1.54, 1.807) is 13.1 Å². The van der Waals surface area contributed by atoms with Crippen molar-refractivity contribution in [3.63, 3.8) is 0 Å². The fraction of sp³-hybridized carbons (Fsp3) is 0.500. The Labute approximate surface area is 67.9 Å². The summed E-state index contributed by atoms with van der Waals surface area (Å²) < 4.78 is 0. The number of hydrogen-bond acceptors (Lipinski definition) is 1. The Morgan fingerprint density at radius 1 is 1.64 bits per heavy atom. The van der Waals surface area contributed by atoms with Crippen LogP contribution < -0.4 is 5.32 Å². The highest BCUT2D eigenvalue weighted by atomic mass is 15.1. The Bertz CT molecular complexity index is 180. The van der Waals surface area contributed by atoms with Crippen molar-refractivity contribution in [2.45, 2.75) is 13.8 Å². The summed E-state index contributed by atoms with van der Waals surface area (Å²) in [6.07, 6.45) is 1.70. The molecule has 3 heteroatoms. The maximum absolute atomic E-state index is 4.14. The van der Waals surface area contributed by atoms with Crippen molar-refractivity contribution in [2.75, 3.05) is 13.6 Å². The van der Waals surface area contributed by atoms with Gasteiger partial charge in [-0.15, -0.1) is 0 Å². The maximum atomic E-state index is 4.14. The molecule has 0 aliphatic rings. The third-order valence-electron chi connectivity index (χ3n) is 1.12. The molecule has 3 nitrogen and oxygen atoms in total. The summed E-state index contributed by atoms with van der Waals surface area (Å²) in [6, 6.07) is 0. The molecule has 0 atom stereocenters. The molecule has 0 radical (unpaired) electrons. The van der Waals surface area contributed by atoms with Gasteiger partial charge in [0.05, 0.1) is 0 Å². The predicted octanol–water partition coefficient (Wildman–Crippen LogP) is 1.23. The molecule has 0 saturated carbocycles. The van der Waals surface area contributed by atoms with E-state index < -0.39 is 0 Å². The molecule has 0 unspecified atom stereocenters. The number of hydrogen-bond donors (Lipinski definition) is 1. The van der Waals surface area contributed by atoms with Crippen molar-refractivity contribution in [3.8, 4) is 0 Å². The van der Waals surface area contributed by atoms with Crippen LogP contribution in [-0.4, -0.2) is 25.3 Å². The zero-order valence-corrected chi connectivity index (χ0v) is 7.39. The van der Waals surface area contributed by atoms with Crippen LogP contribution in [0.15, 0.2) is 22.6 Å². The number of guanidine groups is 1. The van der Waals surface area contributed by atoms with E-state index in [-0.39, 0.29) is 0 Å². The number of nitrogens with zero attached hydrogens (tertiary/aromatic N) is 2. The molecule has 11 heavy (non-hydrogen) atoms. The summed E-state index contributed by atoms with van der Waals surface area (Å²) in [5.41, 5.74) is 0.867. The van der Waals surface area contributed by atoms with Gasteiger partial charge in [-0.2, -0.15) is 0 Å². The van der Waals surface area contributed by atoms with E-state index in [0.717, 1.165) is 12.3 Å². The quantitative estimate of drug-likeness (QED) is 0.470. The van der Waals surface area contributed by atoms with Gasteiger partial charge in [-0.05, 0) is 19.9 Å². The molecule has 0 aromatic heterocycles. The third-order valence-corrected chi connectivity index (χ3v) is 1.12. The first-order chi connectivity index (χ1) is 5.24. The first-order valence-corrected chi connectivity index (χ1v) is 3.63. The molecule has 0 amide bonds. The minimum atomic E-state index is 0.657. The topological polar surface area (TPSA) is 36.8 Å². The van der Waals surface area contributed by atoms with Crippen LogP contribution in [0.3, 0.4) is 0 Å². The van der Waals surface area contributed by atoms with E-state index in [9.17, 15) is 0 Å². The molecule has 0 aliphatic heterocycles. The van der Waals surface area contributed by atoms with E-state index in [0.29, 0.717) is 5.96 Å². The van der Waals surface area contributed by atoms with Gasteiger partial charge in [-0.3, -0.25) is 4.99 Å². The smallest absolute Gasteiger partial charge is 0.217 e. The molecule has 0 fully saturated rings. The van der Waals surface area contributed by atoms with Crippen molar-refractivity contribution in [1.29, 1.82) is 0 Å².